The summed E-state index contributed by atoms with van der Waals surface area (Å²) in [7, 11) is 0. The Kier molecular flexibility index (Phi) is 3.57. The van der Waals surface area contributed by atoms with Gasteiger partial charge in [0.25, 0.3) is 0 Å². The van der Waals surface area contributed by atoms with E-state index in [1.165, 1.54) is 6.92 Å². The van der Waals surface area contributed by atoms with Gasteiger partial charge in [-0.3, -0.25) is 4.79 Å². The number of hydrogen-bond acceptors (Lipinski definition) is 1. The van der Waals surface area contributed by atoms with E-state index in [0.29, 0.717) is 5.56 Å². The van der Waals surface area contributed by atoms with Gasteiger partial charge in [0.05, 0.1) is 6.04 Å². The zero-order valence-electron chi connectivity index (χ0n) is 8.93. The van der Waals surface area contributed by atoms with Gasteiger partial charge in [-0.05, 0) is 25.0 Å². The zero-order valence-corrected chi connectivity index (χ0v) is 8.93. The van der Waals surface area contributed by atoms with Gasteiger partial charge in [0.1, 0.15) is 0 Å². The van der Waals surface area contributed by atoms with E-state index in [4.69, 9.17) is 0 Å². The Labute approximate surface area is 91.5 Å². The SMILES string of the molecule is Cc1ccccc1[C@@H](C)NC(=O)C(F)(F)F. The first-order valence-electron chi connectivity index (χ1n) is 4.75. The van der Waals surface area contributed by atoms with Crippen molar-refractivity contribution in [2.24, 2.45) is 0 Å². The number of amides is 1. The molecule has 0 saturated carbocycles. The first-order valence-corrected chi connectivity index (χ1v) is 4.75. The summed E-state index contributed by atoms with van der Waals surface area (Å²) >= 11 is 0. The quantitative estimate of drug-likeness (QED) is 0.833. The Morgan fingerprint density at radius 1 is 1.31 bits per heavy atom. The second-order valence-corrected chi connectivity index (χ2v) is 3.55. The van der Waals surface area contributed by atoms with E-state index >= 15 is 0 Å². The van der Waals surface area contributed by atoms with Crippen molar-refractivity contribution in [1.82, 2.24) is 5.32 Å². The van der Waals surface area contributed by atoms with Gasteiger partial charge in [0, 0.05) is 0 Å². The van der Waals surface area contributed by atoms with Crippen LogP contribution in [0.4, 0.5) is 13.2 Å². The van der Waals surface area contributed by atoms with Crippen LogP contribution in [0.2, 0.25) is 0 Å². The van der Waals surface area contributed by atoms with Crippen molar-refractivity contribution in [3.05, 3.63) is 35.4 Å². The molecule has 0 radical (unpaired) electrons. The predicted octanol–water partition coefficient (Wildman–Crippen LogP) is 2.73. The number of hydrogen-bond donors (Lipinski definition) is 1. The molecule has 0 saturated heterocycles. The van der Waals surface area contributed by atoms with E-state index in [9.17, 15) is 18.0 Å². The molecule has 0 aliphatic heterocycles. The first-order chi connectivity index (χ1) is 7.32. The summed E-state index contributed by atoms with van der Waals surface area (Å²) in [6.07, 6.45) is -4.84. The van der Waals surface area contributed by atoms with Crippen molar-refractivity contribution >= 4 is 5.91 Å². The molecule has 2 nitrogen and oxygen atoms in total. The standard InChI is InChI=1S/C11H12F3NO/c1-7-5-3-4-6-9(7)8(2)15-10(16)11(12,13)14/h3-6,8H,1-2H3,(H,15,16)/t8-/m1/s1. The highest BCUT2D eigenvalue weighted by Gasteiger charge is 2.39. The van der Waals surface area contributed by atoms with Crippen LogP contribution in [0, 0.1) is 6.92 Å². The minimum Gasteiger partial charge on any atom is -0.342 e. The topological polar surface area (TPSA) is 29.1 Å². The fourth-order valence-corrected chi connectivity index (χ4v) is 1.43. The Bertz CT molecular complexity index is 387. The van der Waals surface area contributed by atoms with Crippen LogP contribution in [0.5, 0.6) is 0 Å². The average Bonchev–Trinajstić information content (AvgIpc) is 2.16. The molecule has 1 amide bonds. The van der Waals surface area contributed by atoms with Gasteiger partial charge in [0.2, 0.25) is 0 Å². The number of rotatable bonds is 2. The van der Waals surface area contributed by atoms with Crippen LogP contribution in [0.25, 0.3) is 0 Å². The number of alkyl halides is 3. The van der Waals surface area contributed by atoms with E-state index in [-0.39, 0.29) is 0 Å². The van der Waals surface area contributed by atoms with Crippen LogP contribution in [-0.4, -0.2) is 12.1 Å². The lowest BCUT2D eigenvalue weighted by atomic mass is 10.0. The van der Waals surface area contributed by atoms with Crippen LogP contribution in [0.1, 0.15) is 24.1 Å². The molecule has 0 unspecified atom stereocenters. The summed E-state index contributed by atoms with van der Waals surface area (Å²) in [5.74, 6) is -1.91. The summed E-state index contributed by atoms with van der Waals surface area (Å²) in [4.78, 5) is 10.7. The first kappa shape index (κ1) is 12.5. The normalized spacial score (nSPS) is 13.3. The van der Waals surface area contributed by atoms with Crippen LogP contribution in [0.3, 0.4) is 0 Å². The zero-order chi connectivity index (χ0) is 12.3. The summed E-state index contributed by atoms with van der Waals surface area (Å²) < 4.78 is 36.0. The van der Waals surface area contributed by atoms with Crippen LogP contribution >= 0.6 is 0 Å². The Hall–Kier alpha value is -1.52. The minimum absolute atomic E-state index is 0.657. The van der Waals surface area contributed by atoms with Crippen LogP contribution in [0.15, 0.2) is 24.3 Å². The van der Waals surface area contributed by atoms with Crippen LogP contribution < -0.4 is 5.32 Å². The number of carbonyl (C=O) groups is 1. The molecule has 0 fully saturated rings. The molecule has 0 spiro atoms. The highest BCUT2D eigenvalue weighted by atomic mass is 19.4. The molecule has 0 aliphatic rings. The maximum absolute atomic E-state index is 12.0. The Balaban J connectivity index is 2.78. The molecule has 1 atom stereocenters. The van der Waals surface area contributed by atoms with Crippen LogP contribution in [-0.2, 0) is 4.79 Å². The summed E-state index contributed by atoms with van der Waals surface area (Å²) in [6, 6.07) is 6.33. The third-order valence-corrected chi connectivity index (χ3v) is 2.26. The van der Waals surface area contributed by atoms with Gasteiger partial charge in [0.15, 0.2) is 0 Å². The van der Waals surface area contributed by atoms with E-state index in [0.717, 1.165) is 5.56 Å². The van der Waals surface area contributed by atoms with Gasteiger partial charge in [-0.15, -0.1) is 0 Å². The number of benzene rings is 1. The molecule has 1 aromatic carbocycles. The van der Waals surface area contributed by atoms with Crippen molar-refractivity contribution in [3.63, 3.8) is 0 Å². The highest BCUT2D eigenvalue weighted by Crippen LogP contribution is 2.20. The monoisotopic (exact) mass is 231 g/mol. The summed E-state index contributed by atoms with van der Waals surface area (Å²) in [5.41, 5.74) is 1.53. The van der Waals surface area contributed by atoms with Gasteiger partial charge < -0.3 is 5.32 Å². The predicted molar refractivity (Wildman–Crippen MR) is 53.8 cm³/mol. The lowest BCUT2D eigenvalue weighted by molar-refractivity contribution is -0.174. The van der Waals surface area contributed by atoms with Crippen molar-refractivity contribution in [3.8, 4) is 0 Å². The summed E-state index contributed by atoms with van der Waals surface area (Å²) in [6.45, 7) is 3.30. The smallest absolute Gasteiger partial charge is 0.342 e. The fraction of sp³-hybridized carbons (Fsp3) is 0.364. The highest BCUT2D eigenvalue weighted by molar-refractivity contribution is 5.82. The number of carbonyl (C=O) groups excluding carboxylic acids is 1. The number of halogens is 3. The molecule has 0 aromatic heterocycles. The summed E-state index contributed by atoms with van der Waals surface area (Å²) in [5, 5.41) is 1.91. The van der Waals surface area contributed by atoms with E-state index in [1.807, 2.05) is 5.32 Å². The van der Waals surface area contributed by atoms with Gasteiger partial charge in [-0.25, -0.2) is 0 Å². The van der Waals surface area contributed by atoms with E-state index < -0.39 is 18.1 Å². The van der Waals surface area contributed by atoms with Gasteiger partial charge >= 0.3 is 12.1 Å². The van der Waals surface area contributed by atoms with Gasteiger partial charge in [-0.1, -0.05) is 24.3 Å². The largest absolute Gasteiger partial charge is 0.471 e. The number of aryl methyl sites for hydroxylation is 1. The van der Waals surface area contributed by atoms with Gasteiger partial charge in [-0.2, -0.15) is 13.2 Å². The lowest BCUT2D eigenvalue weighted by Crippen LogP contribution is -2.38. The third-order valence-electron chi connectivity index (χ3n) is 2.26. The Morgan fingerprint density at radius 3 is 2.38 bits per heavy atom. The van der Waals surface area contributed by atoms with Crippen molar-refractivity contribution in [1.29, 1.82) is 0 Å². The molecule has 5 heteroatoms. The number of nitrogens with one attached hydrogen (secondary N) is 1. The molecule has 1 rings (SSSR count). The maximum Gasteiger partial charge on any atom is 0.471 e. The molecule has 1 aromatic rings. The molecule has 0 aliphatic carbocycles. The molecule has 16 heavy (non-hydrogen) atoms. The molecular formula is C11H12F3NO. The molecule has 88 valence electrons. The second-order valence-electron chi connectivity index (χ2n) is 3.55. The molecule has 0 heterocycles. The second kappa shape index (κ2) is 4.55. The third kappa shape index (κ3) is 2.98. The lowest BCUT2D eigenvalue weighted by Gasteiger charge is -2.17. The Morgan fingerprint density at radius 2 is 1.88 bits per heavy atom. The maximum atomic E-state index is 12.0. The average molecular weight is 231 g/mol. The van der Waals surface area contributed by atoms with Crippen molar-refractivity contribution < 1.29 is 18.0 Å². The molecular weight excluding hydrogens is 219 g/mol. The van der Waals surface area contributed by atoms with E-state index in [2.05, 4.69) is 0 Å². The molecule has 0 bridgehead atoms. The van der Waals surface area contributed by atoms with Crippen molar-refractivity contribution in [2.75, 3.05) is 0 Å². The molecule has 1 N–H and O–H groups in total. The fourth-order valence-electron chi connectivity index (χ4n) is 1.43. The van der Waals surface area contributed by atoms with Crippen molar-refractivity contribution in [2.45, 2.75) is 26.1 Å². The van der Waals surface area contributed by atoms with E-state index in [1.54, 1.807) is 31.2 Å². The minimum atomic E-state index is -4.84.